The van der Waals surface area contributed by atoms with Gasteiger partial charge in [-0.1, -0.05) is 26.0 Å². The van der Waals surface area contributed by atoms with Crippen molar-refractivity contribution >= 4 is 11.8 Å². The molecule has 0 aliphatic carbocycles. The van der Waals surface area contributed by atoms with Crippen molar-refractivity contribution in [2.24, 2.45) is 0 Å². The van der Waals surface area contributed by atoms with Crippen LogP contribution in [0.1, 0.15) is 39.2 Å². The van der Waals surface area contributed by atoms with E-state index in [-0.39, 0.29) is 17.6 Å². The van der Waals surface area contributed by atoms with E-state index in [1.165, 1.54) is 0 Å². The number of phenolic OH excluding ortho intramolecular Hbond substituents is 1. The van der Waals surface area contributed by atoms with Crippen molar-refractivity contribution in [3.8, 4) is 5.75 Å². The average molecular weight is 290 g/mol. The summed E-state index contributed by atoms with van der Waals surface area (Å²) in [4.78, 5) is 26.7. The molecule has 1 aromatic carbocycles. The lowest BCUT2D eigenvalue weighted by molar-refractivity contribution is -0.158. The number of benzene rings is 1. The topological polar surface area (TPSA) is 69.6 Å². The molecule has 114 valence electrons. The summed E-state index contributed by atoms with van der Waals surface area (Å²) < 4.78 is 0. The van der Waals surface area contributed by atoms with E-state index >= 15 is 0 Å². The highest BCUT2D eigenvalue weighted by molar-refractivity contribution is 5.99. The molecule has 2 amide bonds. The van der Waals surface area contributed by atoms with Crippen LogP contribution >= 0.6 is 0 Å². The van der Waals surface area contributed by atoms with Crippen LogP contribution in [0.4, 0.5) is 0 Å². The first-order chi connectivity index (χ1) is 9.94. The normalized spacial score (nSPS) is 21.3. The second-order valence-corrected chi connectivity index (χ2v) is 5.52. The van der Waals surface area contributed by atoms with Crippen LogP contribution < -0.4 is 5.32 Å². The van der Waals surface area contributed by atoms with E-state index in [2.05, 4.69) is 5.32 Å². The molecule has 2 N–H and O–H groups in total. The predicted molar refractivity (Wildman–Crippen MR) is 79.6 cm³/mol. The Labute approximate surface area is 125 Å². The molecule has 0 bridgehead atoms. The zero-order valence-corrected chi connectivity index (χ0v) is 12.7. The Kier molecular flexibility index (Phi) is 4.21. The van der Waals surface area contributed by atoms with Gasteiger partial charge >= 0.3 is 0 Å². The van der Waals surface area contributed by atoms with E-state index < -0.39 is 11.6 Å². The molecule has 5 nitrogen and oxygen atoms in total. The Morgan fingerprint density at radius 1 is 1.19 bits per heavy atom. The van der Waals surface area contributed by atoms with Crippen molar-refractivity contribution < 1.29 is 14.7 Å². The molecule has 21 heavy (non-hydrogen) atoms. The number of carbonyl (C=O) groups excluding carboxylic acids is 2. The van der Waals surface area contributed by atoms with Crippen molar-refractivity contribution in [2.75, 3.05) is 0 Å². The number of hydrogen-bond donors (Lipinski definition) is 2. The van der Waals surface area contributed by atoms with Gasteiger partial charge in [-0.15, -0.1) is 0 Å². The predicted octanol–water partition coefficient (Wildman–Crippen LogP) is 1.80. The number of aromatic hydroxyl groups is 1. The van der Waals surface area contributed by atoms with E-state index in [9.17, 15) is 14.7 Å². The molecule has 1 aliphatic rings. The molecule has 1 aliphatic heterocycles. The van der Waals surface area contributed by atoms with Gasteiger partial charge in [0.25, 0.3) is 0 Å². The molecule has 1 unspecified atom stereocenters. The first kappa shape index (κ1) is 15.4. The third-order valence-corrected chi connectivity index (χ3v) is 4.37. The summed E-state index contributed by atoms with van der Waals surface area (Å²) in [6.07, 6.45) is 1.15. The Bertz CT molecular complexity index is 535. The summed E-state index contributed by atoms with van der Waals surface area (Å²) in [5.41, 5.74) is 0.107. The first-order valence-electron chi connectivity index (χ1n) is 7.35. The number of phenols is 1. The highest BCUT2D eigenvalue weighted by Gasteiger charge is 2.48. The van der Waals surface area contributed by atoms with Crippen molar-refractivity contribution in [1.29, 1.82) is 0 Å². The third kappa shape index (κ3) is 2.60. The van der Waals surface area contributed by atoms with Gasteiger partial charge in [-0.2, -0.15) is 0 Å². The number of nitrogens with zero attached hydrogens (tertiary/aromatic N) is 1. The van der Waals surface area contributed by atoms with Crippen LogP contribution in [0.5, 0.6) is 5.75 Å². The van der Waals surface area contributed by atoms with E-state index in [1.807, 2.05) is 13.8 Å². The second kappa shape index (κ2) is 5.76. The molecule has 2 rings (SSSR count). The zero-order chi connectivity index (χ0) is 15.6. The highest BCUT2D eigenvalue weighted by atomic mass is 16.3. The molecule has 1 heterocycles. The Balaban J connectivity index is 2.36. The van der Waals surface area contributed by atoms with Crippen molar-refractivity contribution in [1.82, 2.24) is 10.2 Å². The minimum Gasteiger partial charge on any atom is -0.508 e. The molecule has 1 atom stereocenters. The number of piperazine rings is 1. The van der Waals surface area contributed by atoms with Crippen molar-refractivity contribution in [3.63, 3.8) is 0 Å². The molecular weight excluding hydrogens is 268 g/mol. The van der Waals surface area contributed by atoms with Gasteiger partial charge in [0, 0.05) is 6.54 Å². The maximum Gasteiger partial charge on any atom is 0.246 e. The number of carbonyl (C=O) groups is 2. The number of nitrogens with one attached hydrogen (secondary N) is 1. The summed E-state index contributed by atoms with van der Waals surface area (Å²) >= 11 is 0. The molecule has 1 saturated heterocycles. The lowest BCUT2D eigenvalue weighted by Gasteiger charge is -2.47. The molecular formula is C16H22N2O3. The standard InChI is InChI=1S/C16H22N2O3/c1-4-16(5-2)15(21)17-11(3)14(20)18(16)10-12-6-8-13(19)9-7-12/h6-9,11,19H,4-5,10H2,1-3H3,(H,17,21). The molecule has 0 spiro atoms. The Morgan fingerprint density at radius 2 is 1.76 bits per heavy atom. The number of rotatable bonds is 4. The SMILES string of the molecule is CCC1(CC)C(=O)NC(C)C(=O)N1Cc1ccc(O)cc1. The molecule has 1 aromatic rings. The quantitative estimate of drug-likeness (QED) is 0.888. The van der Waals surface area contributed by atoms with Gasteiger partial charge in [-0.3, -0.25) is 9.59 Å². The van der Waals surface area contributed by atoms with Gasteiger partial charge in [0.1, 0.15) is 17.3 Å². The van der Waals surface area contributed by atoms with Crippen LogP contribution in [-0.4, -0.2) is 33.4 Å². The lowest BCUT2D eigenvalue weighted by Crippen LogP contribution is -2.69. The fourth-order valence-electron chi connectivity index (χ4n) is 2.93. The number of hydrogen-bond acceptors (Lipinski definition) is 3. The van der Waals surface area contributed by atoms with Gasteiger partial charge in [0.15, 0.2) is 0 Å². The van der Waals surface area contributed by atoms with Crippen LogP contribution in [0.2, 0.25) is 0 Å². The summed E-state index contributed by atoms with van der Waals surface area (Å²) in [5, 5.41) is 12.1. The fourth-order valence-corrected chi connectivity index (χ4v) is 2.93. The monoisotopic (exact) mass is 290 g/mol. The summed E-state index contributed by atoms with van der Waals surface area (Å²) in [6.45, 7) is 5.93. The molecule has 0 saturated carbocycles. The summed E-state index contributed by atoms with van der Waals surface area (Å²) in [6, 6.07) is 6.23. The molecule has 1 fully saturated rings. The van der Waals surface area contributed by atoms with Crippen LogP contribution in [0, 0.1) is 0 Å². The summed E-state index contributed by atoms with van der Waals surface area (Å²) in [5.74, 6) is 0.0387. The fraction of sp³-hybridized carbons (Fsp3) is 0.500. The largest absolute Gasteiger partial charge is 0.508 e. The first-order valence-corrected chi connectivity index (χ1v) is 7.35. The highest BCUT2D eigenvalue weighted by Crippen LogP contribution is 2.30. The van der Waals surface area contributed by atoms with Gasteiger partial charge in [-0.25, -0.2) is 0 Å². The molecule has 0 aromatic heterocycles. The van der Waals surface area contributed by atoms with E-state index in [4.69, 9.17) is 0 Å². The number of amides is 2. The van der Waals surface area contributed by atoms with Crippen molar-refractivity contribution in [2.45, 2.75) is 51.7 Å². The Hall–Kier alpha value is -2.04. The van der Waals surface area contributed by atoms with Crippen LogP contribution in [0.25, 0.3) is 0 Å². The van der Waals surface area contributed by atoms with E-state index in [0.29, 0.717) is 19.4 Å². The van der Waals surface area contributed by atoms with Gasteiger partial charge < -0.3 is 15.3 Å². The van der Waals surface area contributed by atoms with Gasteiger partial charge in [-0.05, 0) is 37.5 Å². The smallest absolute Gasteiger partial charge is 0.246 e. The third-order valence-electron chi connectivity index (χ3n) is 4.37. The maximum absolute atomic E-state index is 12.5. The van der Waals surface area contributed by atoms with Crippen LogP contribution in [0.15, 0.2) is 24.3 Å². The van der Waals surface area contributed by atoms with Crippen molar-refractivity contribution in [3.05, 3.63) is 29.8 Å². The molecule has 5 heteroatoms. The van der Waals surface area contributed by atoms with Crippen LogP contribution in [0.3, 0.4) is 0 Å². The van der Waals surface area contributed by atoms with E-state index in [0.717, 1.165) is 5.56 Å². The Morgan fingerprint density at radius 3 is 2.29 bits per heavy atom. The average Bonchev–Trinajstić information content (AvgIpc) is 2.48. The van der Waals surface area contributed by atoms with Gasteiger partial charge in [0.05, 0.1) is 0 Å². The second-order valence-electron chi connectivity index (χ2n) is 5.52. The van der Waals surface area contributed by atoms with Gasteiger partial charge in [0.2, 0.25) is 11.8 Å². The maximum atomic E-state index is 12.5. The lowest BCUT2D eigenvalue weighted by atomic mass is 9.85. The molecule has 0 radical (unpaired) electrons. The minimum absolute atomic E-state index is 0.0635. The van der Waals surface area contributed by atoms with Crippen LogP contribution in [-0.2, 0) is 16.1 Å². The zero-order valence-electron chi connectivity index (χ0n) is 12.7. The summed E-state index contributed by atoms with van der Waals surface area (Å²) in [7, 11) is 0. The minimum atomic E-state index is -0.790. The van der Waals surface area contributed by atoms with E-state index in [1.54, 1.807) is 36.1 Å².